The number of nitrogens with zero attached hydrogens (tertiary/aromatic N) is 5. The minimum absolute atomic E-state index is 0.00888. The number of ether oxygens (including phenoxy) is 1. The van der Waals surface area contributed by atoms with Crippen LogP contribution in [0.5, 0.6) is 11.5 Å². The smallest absolute Gasteiger partial charge is 0.312 e. The molecule has 2 aromatic carbocycles. The number of hydrogen-bond acceptors (Lipinski definition) is 11. The summed E-state index contributed by atoms with van der Waals surface area (Å²) < 4.78 is 35.9. The van der Waals surface area contributed by atoms with Crippen LogP contribution >= 0.6 is 0 Å². The molecule has 2 saturated heterocycles. The Morgan fingerprint density at radius 1 is 0.922 bits per heavy atom. The lowest BCUT2D eigenvalue weighted by Crippen LogP contribution is -2.63. The van der Waals surface area contributed by atoms with Gasteiger partial charge in [0.05, 0.1) is 22.9 Å². The number of sulfonamides is 1. The number of amides is 1. The Kier molecular flexibility index (Phi) is 11.1. The molecule has 3 N–H and O–H groups in total. The Morgan fingerprint density at radius 3 is 2.44 bits per heavy atom. The minimum atomic E-state index is -4.59. The van der Waals surface area contributed by atoms with Crippen molar-refractivity contribution in [2.45, 2.75) is 107 Å². The van der Waals surface area contributed by atoms with Crippen molar-refractivity contribution >= 4 is 44.2 Å². The molecule has 10 rings (SSSR count). The molecule has 5 heterocycles. The van der Waals surface area contributed by atoms with E-state index in [0.29, 0.717) is 35.8 Å². The third-order valence-corrected chi connectivity index (χ3v) is 16.3. The van der Waals surface area contributed by atoms with Crippen LogP contribution in [0.2, 0.25) is 0 Å². The zero-order valence-electron chi connectivity index (χ0n) is 36.7. The molecule has 14 nitrogen and oxygen atoms in total. The summed E-state index contributed by atoms with van der Waals surface area (Å²) in [5.41, 5.74) is 4.79. The van der Waals surface area contributed by atoms with E-state index in [1.807, 2.05) is 12.1 Å². The Morgan fingerprint density at radius 2 is 1.69 bits per heavy atom. The number of nitrogens with one attached hydrogen (secondary N) is 3. The second-order valence-electron chi connectivity index (χ2n) is 20.0. The zero-order chi connectivity index (χ0) is 44.2. The summed E-state index contributed by atoms with van der Waals surface area (Å²) in [5.74, 6) is 1.28. The van der Waals surface area contributed by atoms with Gasteiger partial charge in [-0.2, -0.15) is 0 Å². The highest BCUT2D eigenvalue weighted by Gasteiger charge is 2.50. The number of aromatic amines is 1. The van der Waals surface area contributed by atoms with Gasteiger partial charge in [-0.05, 0) is 128 Å². The van der Waals surface area contributed by atoms with Crippen molar-refractivity contribution in [3.8, 4) is 11.5 Å². The molecule has 3 saturated carbocycles. The highest BCUT2D eigenvalue weighted by atomic mass is 32.2. The van der Waals surface area contributed by atoms with Crippen LogP contribution in [0.1, 0.15) is 118 Å². The first-order valence-electron chi connectivity index (χ1n) is 23.1. The summed E-state index contributed by atoms with van der Waals surface area (Å²) in [4.78, 5) is 41.7. The first-order chi connectivity index (χ1) is 30.8. The molecule has 1 spiro atoms. The predicted molar refractivity (Wildman–Crippen MR) is 247 cm³/mol. The summed E-state index contributed by atoms with van der Waals surface area (Å²) >= 11 is 0. The van der Waals surface area contributed by atoms with Crippen molar-refractivity contribution in [1.82, 2.24) is 24.6 Å². The maximum absolute atomic E-state index is 14.0. The topological polar surface area (TPSA) is 176 Å². The highest BCUT2D eigenvalue weighted by Crippen LogP contribution is 2.51. The Hall–Kier alpha value is -5.54. The number of aromatic nitrogens is 3. The maximum atomic E-state index is 14.0. The van der Waals surface area contributed by atoms with Crippen LogP contribution < -0.4 is 19.7 Å². The van der Waals surface area contributed by atoms with Crippen LogP contribution in [0.3, 0.4) is 0 Å². The van der Waals surface area contributed by atoms with Gasteiger partial charge < -0.3 is 19.9 Å². The van der Waals surface area contributed by atoms with Crippen molar-refractivity contribution in [2.24, 2.45) is 16.7 Å². The fourth-order valence-electron chi connectivity index (χ4n) is 11.0. The van der Waals surface area contributed by atoms with E-state index in [1.165, 1.54) is 32.1 Å². The average molecular weight is 887 g/mol. The molecular formula is C49H58N8O6S. The maximum Gasteiger partial charge on any atom is 0.312 e. The summed E-state index contributed by atoms with van der Waals surface area (Å²) in [6.45, 7) is 8.93. The van der Waals surface area contributed by atoms with E-state index in [4.69, 9.17) is 4.74 Å². The number of carbonyl (C=O) groups excluding carboxylic acids is 1. The number of H-pyrrole nitrogens is 1. The molecule has 336 valence electrons. The van der Waals surface area contributed by atoms with Gasteiger partial charge in [0, 0.05) is 68.2 Å². The van der Waals surface area contributed by atoms with Gasteiger partial charge in [-0.1, -0.05) is 44.5 Å². The molecule has 2 atom stereocenters. The van der Waals surface area contributed by atoms with Gasteiger partial charge in [-0.3, -0.25) is 19.8 Å². The number of likely N-dealkylation sites (tertiary alicyclic amines) is 1. The third-order valence-electron chi connectivity index (χ3n) is 15.0. The van der Waals surface area contributed by atoms with E-state index in [9.17, 15) is 23.3 Å². The molecule has 3 aliphatic carbocycles. The number of piperidine rings is 1. The van der Waals surface area contributed by atoms with Gasteiger partial charge in [-0.15, -0.1) is 0 Å². The predicted octanol–water partition coefficient (Wildman–Crippen LogP) is 9.52. The van der Waals surface area contributed by atoms with Gasteiger partial charge in [0.25, 0.3) is 15.9 Å². The number of hydrogen-bond donors (Lipinski definition) is 3. The lowest BCUT2D eigenvalue weighted by atomic mass is 9.70. The SMILES string of the molecule is CC1(C)CCC(CNc2ncc(S(=O)(=O)NC(=O)c3ccc(N4CCC5(CC4)CN([C@H]4CCC[C@H]4c4ccccc4C4CC4)C5)cc3Oc3cnc4[nH]ccc4c3)cc2[N+](=O)[O-])CC1. The number of fused-ring (bicyclic) bond motifs is 1. The van der Waals surface area contributed by atoms with Crippen LogP contribution in [0.25, 0.3) is 11.0 Å². The van der Waals surface area contributed by atoms with Gasteiger partial charge >= 0.3 is 5.69 Å². The van der Waals surface area contributed by atoms with E-state index >= 15 is 0 Å². The monoisotopic (exact) mass is 886 g/mol. The van der Waals surface area contributed by atoms with Crippen molar-refractivity contribution < 1.29 is 22.9 Å². The Labute approximate surface area is 374 Å². The second kappa shape index (κ2) is 16.8. The fraction of sp³-hybridized carbons (Fsp3) is 0.490. The van der Waals surface area contributed by atoms with Gasteiger partial charge in [0.2, 0.25) is 5.82 Å². The number of nitro groups is 1. The van der Waals surface area contributed by atoms with Crippen molar-refractivity contribution in [3.63, 3.8) is 0 Å². The highest BCUT2D eigenvalue weighted by molar-refractivity contribution is 7.90. The van der Waals surface area contributed by atoms with Crippen molar-refractivity contribution in [2.75, 3.05) is 42.9 Å². The average Bonchev–Trinajstić information content (AvgIpc) is 3.82. The summed E-state index contributed by atoms with van der Waals surface area (Å²) in [5, 5.41) is 16.0. The molecule has 15 heteroatoms. The second-order valence-corrected chi connectivity index (χ2v) is 21.7. The number of rotatable bonds is 13. The molecule has 64 heavy (non-hydrogen) atoms. The van der Waals surface area contributed by atoms with E-state index in [1.54, 1.807) is 41.7 Å². The van der Waals surface area contributed by atoms with E-state index in [2.05, 4.69) is 72.9 Å². The van der Waals surface area contributed by atoms with Crippen LogP contribution in [0, 0.1) is 26.9 Å². The van der Waals surface area contributed by atoms with Crippen LogP contribution in [-0.2, 0) is 10.0 Å². The van der Waals surface area contributed by atoms with E-state index in [-0.39, 0.29) is 28.0 Å². The van der Waals surface area contributed by atoms with Crippen LogP contribution in [-0.4, -0.2) is 77.9 Å². The van der Waals surface area contributed by atoms with Gasteiger partial charge in [0.1, 0.15) is 22.0 Å². The molecular weight excluding hydrogens is 829 g/mol. The molecule has 3 aromatic heterocycles. The van der Waals surface area contributed by atoms with Crippen LogP contribution in [0.15, 0.2) is 84.1 Å². The first kappa shape index (κ1) is 42.4. The lowest BCUT2D eigenvalue weighted by molar-refractivity contribution is -0.384. The number of carbonyl (C=O) groups is 1. The van der Waals surface area contributed by atoms with Crippen molar-refractivity contribution in [1.29, 1.82) is 0 Å². The van der Waals surface area contributed by atoms with E-state index < -0.39 is 31.4 Å². The summed E-state index contributed by atoms with van der Waals surface area (Å²) in [6.07, 6.45) is 17.0. The van der Waals surface area contributed by atoms with Gasteiger partial charge in [0.15, 0.2) is 0 Å². The van der Waals surface area contributed by atoms with Crippen molar-refractivity contribution in [3.05, 3.63) is 106 Å². The lowest BCUT2D eigenvalue weighted by Gasteiger charge is -2.57. The molecule has 5 fully saturated rings. The number of pyridine rings is 2. The normalized spacial score (nSPS) is 22.3. The molecule has 5 aromatic rings. The van der Waals surface area contributed by atoms with Gasteiger partial charge in [-0.25, -0.2) is 23.1 Å². The molecule has 0 radical (unpaired) electrons. The quantitative estimate of drug-likeness (QED) is 0.0759. The Balaban J connectivity index is 0.833. The number of anilines is 2. The number of benzene rings is 2. The standard InChI is InChI=1S/C49H58N8O6S/c1-48(2)17-14-32(15-18-48)27-51-46-43(57(59)60)26-37(29-53-46)64(61,62)54-47(58)41-13-12-35(25-44(41)63-36-24-34-16-21-50-45(34)52-28-36)55-22-19-49(20-23-55)30-56(31-49)42-9-5-8-40(42)39-7-4-3-6-38(39)33-10-11-33/h3-4,6-7,12-13,16,21,24-26,28-29,32-33,40,42H,5,8-11,14-15,17-20,22-23,27,30-31H2,1-2H3,(H,50,52)(H,51,53)(H,54,58)/t40-,42-/m0/s1. The molecule has 2 aliphatic heterocycles. The first-order valence-corrected chi connectivity index (χ1v) is 24.6. The van der Waals surface area contributed by atoms with E-state index in [0.717, 1.165) is 94.0 Å². The fourth-order valence-corrected chi connectivity index (χ4v) is 12.0. The Bertz CT molecular complexity index is 2670. The summed E-state index contributed by atoms with van der Waals surface area (Å²) in [6, 6.07) is 19.6. The molecule has 0 unspecified atom stereocenters. The zero-order valence-corrected chi connectivity index (χ0v) is 37.5. The molecule has 0 bridgehead atoms. The molecule has 5 aliphatic rings. The van der Waals surface area contributed by atoms with Crippen LogP contribution in [0.4, 0.5) is 17.2 Å². The molecule has 1 amide bonds. The largest absolute Gasteiger partial charge is 0.455 e. The summed E-state index contributed by atoms with van der Waals surface area (Å²) in [7, 11) is -4.59. The minimum Gasteiger partial charge on any atom is -0.455 e. The third kappa shape index (κ3) is 8.68.